The molecule has 15 heavy (non-hydrogen) atoms. The van der Waals surface area contributed by atoms with Gasteiger partial charge in [0.25, 0.3) is 0 Å². The Balaban J connectivity index is 1.86. The number of nitrogens with zero attached hydrogens (tertiary/aromatic N) is 1. The Labute approximate surface area is 107 Å². The Hall–Kier alpha value is 0.650. The molecule has 0 aromatic carbocycles. The third-order valence-corrected chi connectivity index (χ3v) is 5.23. The molecule has 88 valence electrons. The normalized spacial score (nSPS) is 41.2. The van der Waals surface area contributed by atoms with Crippen LogP contribution in [-0.4, -0.2) is 30.1 Å². The topological polar surface area (TPSA) is 12.5 Å². The predicted molar refractivity (Wildman–Crippen MR) is 71.1 cm³/mol. The van der Waals surface area contributed by atoms with Crippen LogP contribution in [0.2, 0.25) is 0 Å². The zero-order chi connectivity index (χ0) is 11.1. The van der Waals surface area contributed by atoms with Gasteiger partial charge in [-0.1, -0.05) is 20.8 Å². The van der Waals surface area contributed by atoms with Crippen LogP contribution in [0.25, 0.3) is 0 Å². The summed E-state index contributed by atoms with van der Waals surface area (Å²) < 4.78 is 5.32. The van der Waals surface area contributed by atoms with Gasteiger partial charge in [-0.2, -0.15) is 0 Å². The molecule has 3 heteroatoms. The smallest absolute Gasteiger partial charge is 0.110 e. The summed E-state index contributed by atoms with van der Waals surface area (Å²) in [5.41, 5.74) is 0.495. The average molecular weight is 323 g/mol. The van der Waals surface area contributed by atoms with E-state index in [4.69, 9.17) is 3.07 Å². The zero-order valence-corrected chi connectivity index (χ0v) is 12.2. The molecule has 2 fully saturated rings. The summed E-state index contributed by atoms with van der Waals surface area (Å²) in [6.07, 6.45) is 4.37. The second kappa shape index (κ2) is 4.49. The lowest BCUT2D eigenvalue weighted by Gasteiger charge is -2.50. The highest BCUT2D eigenvalue weighted by molar-refractivity contribution is 14.1. The van der Waals surface area contributed by atoms with E-state index in [0.29, 0.717) is 11.5 Å². The first kappa shape index (κ1) is 12.1. The molecule has 1 heterocycles. The lowest BCUT2D eigenvalue weighted by atomic mass is 9.73. The summed E-state index contributed by atoms with van der Waals surface area (Å²) in [6.45, 7) is 9.79. The molecule has 2 nitrogen and oxygen atoms in total. The molecule has 1 unspecified atom stereocenters. The molecule has 0 aromatic rings. The Kier molecular flexibility index (Phi) is 3.63. The minimum absolute atomic E-state index is 0.495. The molecule has 1 saturated carbocycles. The first-order valence-electron chi connectivity index (χ1n) is 6.04. The molecular weight excluding hydrogens is 301 g/mol. The summed E-state index contributed by atoms with van der Waals surface area (Å²) in [5, 5.41) is 0. The van der Waals surface area contributed by atoms with Crippen molar-refractivity contribution < 1.29 is 3.07 Å². The van der Waals surface area contributed by atoms with E-state index in [9.17, 15) is 0 Å². The van der Waals surface area contributed by atoms with Gasteiger partial charge in [-0.05, 0) is 37.1 Å². The Bertz CT molecular complexity index is 226. The van der Waals surface area contributed by atoms with Crippen molar-refractivity contribution >= 4 is 23.0 Å². The highest BCUT2D eigenvalue weighted by Gasteiger charge is 2.40. The van der Waals surface area contributed by atoms with Gasteiger partial charge < -0.3 is 3.07 Å². The van der Waals surface area contributed by atoms with E-state index in [-0.39, 0.29) is 0 Å². The fourth-order valence-corrected chi connectivity index (χ4v) is 3.14. The summed E-state index contributed by atoms with van der Waals surface area (Å²) in [4.78, 5) is 2.69. The molecule has 0 amide bonds. The molecular formula is C12H22INO. The number of hydrogen-bond acceptors (Lipinski definition) is 2. The predicted octanol–water partition coefficient (Wildman–Crippen LogP) is 3.25. The second-order valence-corrected chi connectivity index (χ2v) is 6.49. The Morgan fingerprint density at radius 3 is 2.53 bits per heavy atom. The number of likely N-dealkylation sites (tertiary alicyclic amines) is 1. The van der Waals surface area contributed by atoms with Crippen molar-refractivity contribution in [3.05, 3.63) is 0 Å². The SMILES string of the molecule is CC1CCN(C2CC(OI)C2)CC1(C)C. The molecule has 1 saturated heterocycles. The standard InChI is InChI=1S/C12H22INO/c1-9-4-5-14(8-12(9,2)3)10-6-11(7-10)15-13/h9-11H,4-8H2,1-3H3. The van der Waals surface area contributed by atoms with Crippen LogP contribution in [0, 0.1) is 11.3 Å². The van der Waals surface area contributed by atoms with Crippen LogP contribution in [0.3, 0.4) is 0 Å². The van der Waals surface area contributed by atoms with Crippen molar-refractivity contribution in [2.75, 3.05) is 13.1 Å². The van der Waals surface area contributed by atoms with Crippen molar-refractivity contribution in [3.8, 4) is 0 Å². The maximum atomic E-state index is 5.32. The van der Waals surface area contributed by atoms with E-state index in [1.54, 1.807) is 0 Å². The quantitative estimate of drug-likeness (QED) is 0.724. The number of halogens is 1. The molecule has 0 radical (unpaired) electrons. The van der Waals surface area contributed by atoms with Gasteiger partial charge in [0, 0.05) is 12.6 Å². The zero-order valence-electron chi connectivity index (χ0n) is 10.0. The largest absolute Gasteiger partial charge is 0.312 e. The van der Waals surface area contributed by atoms with Gasteiger partial charge in [-0.25, -0.2) is 0 Å². The molecule has 0 aromatic heterocycles. The van der Waals surface area contributed by atoms with Gasteiger partial charge in [-0.3, -0.25) is 4.90 Å². The van der Waals surface area contributed by atoms with Gasteiger partial charge in [0.05, 0.1) is 6.10 Å². The molecule has 1 aliphatic carbocycles. The third kappa shape index (κ3) is 2.50. The van der Waals surface area contributed by atoms with Crippen molar-refractivity contribution in [2.24, 2.45) is 11.3 Å². The van der Waals surface area contributed by atoms with Crippen molar-refractivity contribution in [2.45, 2.75) is 52.2 Å². The van der Waals surface area contributed by atoms with Crippen LogP contribution in [0.5, 0.6) is 0 Å². The van der Waals surface area contributed by atoms with Crippen LogP contribution in [0.15, 0.2) is 0 Å². The van der Waals surface area contributed by atoms with E-state index in [1.807, 2.05) is 23.0 Å². The minimum Gasteiger partial charge on any atom is -0.312 e. The van der Waals surface area contributed by atoms with Crippen LogP contribution >= 0.6 is 23.0 Å². The number of piperidine rings is 1. The molecule has 2 aliphatic rings. The van der Waals surface area contributed by atoms with E-state index in [1.165, 1.54) is 32.4 Å². The van der Waals surface area contributed by atoms with Crippen LogP contribution in [-0.2, 0) is 3.07 Å². The first-order chi connectivity index (χ1) is 7.03. The second-order valence-electron chi connectivity index (χ2n) is 5.99. The van der Waals surface area contributed by atoms with Gasteiger partial charge >= 0.3 is 0 Å². The highest BCUT2D eigenvalue weighted by Crippen LogP contribution is 2.39. The van der Waals surface area contributed by atoms with Gasteiger partial charge in [0.1, 0.15) is 23.0 Å². The van der Waals surface area contributed by atoms with E-state index in [2.05, 4.69) is 25.7 Å². The van der Waals surface area contributed by atoms with Gasteiger partial charge in [0.15, 0.2) is 0 Å². The Morgan fingerprint density at radius 2 is 2.00 bits per heavy atom. The fraction of sp³-hybridized carbons (Fsp3) is 1.00. The number of rotatable bonds is 2. The van der Waals surface area contributed by atoms with Crippen LogP contribution in [0.4, 0.5) is 0 Å². The van der Waals surface area contributed by atoms with Crippen molar-refractivity contribution in [1.29, 1.82) is 0 Å². The van der Waals surface area contributed by atoms with E-state index in [0.717, 1.165) is 12.0 Å². The molecule has 0 spiro atoms. The molecule has 0 bridgehead atoms. The molecule has 0 N–H and O–H groups in total. The van der Waals surface area contributed by atoms with E-state index >= 15 is 0 Å². The molecule has 1 atom stereocenters. The maximum Gasteiger partial charge on any atom is 0.110 e. The highest BCUT2D eigenvalue weighted by atomic mass is 127. The maximum absolute atomic E-state index is 5.32. The summed E-state index contributed by atoms with van der Waals surface area (Å²) in [5.74, 6) is 0.866. The average Bonchev–Trinajstić information content (AvgIpc) is 2.09. The summed E-state index contributed by atoms with van der Waals surface area (Å²) >= 11 is 2.04. The Morgan fingerprint density at radius 1 is 1.33 bits per heavy atom. The van der Waals surface area contributed by atoms with Gasteiger partial charge in [-0.15, -0.1) is 0 Å². The van der Waals surface area contributed by atoms with Crippen LogP contribution in [0.1, 0.15) is 40.0 Å². The number of hydrogen-bond donors (Lipinski definition) is 0. The lowest BCUT2D eigenvalue weighted by molar-refractivity contribution is -0.0223. The first-order valence-corrected chi connectivity index (χ1v) is 6.92. The van der Waals surface area contributed by atoms with Crippen molar-refractivity contribution in [1.82, 2.24) is 4.90 Å². The summed E-state index contributed by atoms with van der Waals surface area (Å²) in [6, 6.07) is 0.802. The molecule has 2 rings (SSSR count). The minimum atomic E-state index is 0.495. The monoisotopic (exact) mass is 323 g/mol. The lowest BCUT2D eigenvalue weighted by Crippen LogP contribution is -2.54. The van der Waals surface area contributed by atoms with Gasteiger partial charge in [0.2, 0.25) is 0 Å². The fourth-order valence-electron chi connectivity index (χ4n) is 2.73. The molecule has 1 aliphatic heterocycles. The third-order valence-electron chi connectivity index (χ3n) is 4.51. The van der Waals surface area contributed by atoms with Crippen molar-refractivity contribution in [3.63, 3.8) is 0 Å². The van der Waals surface area contributed by atoms with Crippen LogP contribution < -0.4 is 0 Å². The van der Waals surface area contributed by atoms with E-state index < -0.39 is 0 Å². The summed E-state index contributed by atoms with van der Waals surface area (Å²) in [7, 11) is 0.